The van der Waals surface area contributed by atoms with Crippen LogP contribution in [0.5, 0.6) is 0 Å². The van der Waals surface area contributed by atoms with Crippen LogP contribution in [0.2, 0.25) is 0 Å². The van der Waals surface area contributed by atoms with Crippen molar-refractivity contribution in [1.29, 1.82) is 5.26 Å². The highest BCUT2D eigenvalue weighted by Gasteiger charge is 2.06. The van der Waals surface area contributed by atoms with Crippen LogP contribution in [0, 0.1) is 17.1 Å². The lowest BCUT2D eigenvalue weighted by molar-refractivity contribution is 0.629. The van der Waals surface area contributed by atoms with Gasteiger partial charge in [-0.25, -0.2) is 4.39 Å². The van der Waals surface area contributed by atoms with E-state index in [2.05, 4.69) is 6.07 Å². The Hall–Kier alpha value is -1.82. The highest BCUT2D eigenvalue weighted by atomic mass is 19.1. The number of rotatable bonds is 2. The first-order valence-electron chi connectivity index (χ1n) is 4.83. The van der Waals surface area contributed by atoms with E-state index >= 15 is 0 Å². The molecular formula is C12H11FN2. The molecule has 2 nitrogen and oxygen atoms in total. The zero-order valence-corrected chi connectivity index (χ0v) is 8.50. The van der Waals surface area contributed by atoms with Gasteiger partial charge in [0.15, 0.2) is 0 Å². The van der Waals surface area contributed by atoms with Gasteiger partial charge in [0.25, 0.3) is 0 Å². The number of aryl methyl sites for hydroxylation is 2. The molecule has 0 bridgehead atoms. The summed E-state index contributed by atoms with van der Waals surface area (Å²) in [6.45, 7) is 0. The van der Waals surface area contributed by atoms with Crippen molar-refractivity contribution in [3.05, 3.63) is 35.8 Å². The van der Waals surface area contributed by atoms with Crippen molar-refractivity contribution < 1.29 is 4.39 Å². The molecule has 0 aliphatic rings. The lowest BCUT2D eigenvalue weighted by atomic mass is 10.1. The average molecular weight is 202 g/mol. The molecule has 1 heterocycles. The van der Waals surface area contributed by atoms with Gasteiger partial charge in [-0.3, -0.25) is 0 Å². The van der Waals surface area contributed by atoms with Crippen molar-refractivity contribution in [3.8, 4) is 6.07 Å². The molecule has 15 heavy (non-hydrogen) atoms. The summed E-state index contributed by atoms with van der Waals surface area (Å²) >= 11 is 0. The Balaban J connectivity index is 2.54. The molecule has 1 aromatic carbocycles. The lowest BCUT2D eigenvalue weighted by Crippen LogP contribution is -1.83. The van der Waals surface area contributed by atoms with Crippen LogP contribution in [-0.4, -0.2) is 4.57 Å². The zero-order chi connectivity index (χ0) is 10.8. The van der Waals surface area contributed by atoms with Crippen LogP contribution < -0.4 is 0 Å². The Morgan fingerprint density at radius 3 is 3.00 bits per heavy atom. The first-order valence-corrected chi connectivity index (χ1v) is 4.83. The van der Waals surface area contributed by atoms with Crippen LogP contribution >= 0.6 is 0 Å². The Labute approximate surface area is 87.6 Å². The van der Waals surface area contributed by atoms with Gasteiger partial charge >= 0.3 is 0 Å². The molecule has 3 heteroatoms. The maximum absolute atomic E-state index is 13.0. The van der Waals surface area contributed by atoms with E-state index < -0.39 is 0 Å². The minimum Gasteiger partial charge on any atom is -0.350 e. The molecule has 0 radical (unpaired) electrons. The SMILES string of the molecule is Cn1cc(CCC#N)c2ccc(F)cc21. The molecule has 0 saturated heterocycles. The van der Waals surface area contributed by atoms with E-state index in [1.165, 1.54) is 12.1 Å². The van der Waals surface area contributed by atoms with Crippen LogP contribution in [0.25, 0.3) is 10.9 Å². The van der Waals surface area contributed by atoms with Crippen molar-refractivity contribution in [2.45, 2.75) is 12.8 Å². The molecule has 76 valence electrons. The van der Waals surface area contributed by atoms with Crippen LogP contribution in [0.15, 0.2) is 24.4 Å². The number of fused-ring (bicyclic) bond motifs is 1. The molecule has 0 atom stereocenters. The summed E-state index contributed by atoms with van der Waals surface area (Å²) in [7, 11) is 1.89. The molecule has 0 aliphatic carbocycles. The monoisotopic (exact) mass is 202 g/mol. The number of nitriles is 1. The standard InChI is InChI=1S/C12H11FN2/c1-15-8-9(3-2-6-14)11-5-4-10(13)7-12(11)15/h4-5,7-8H,2-3H2,1H3. The van der Waals surface area contributed by atoms with Gasteiger partial charge < -0.3 is 4.57 Å². The first kappa shape index (κ1) is 9.72. The predicted molar refractivity (Wildman–Crippen MR) is 56.8 cm³/mol. The summed E-state index contributed by atoms with van der Waals surface area (Å²) in [6, 6.07) is 6.87. The molecule has 0 fully saturated rings. The minimum absolute atomic E-state index is 0.226. The smallest absolute Gasteiger partial charge is 0.125 e. The summed E-state index contributed by atoms with van der Waals surface area (Å²) in [5.41, 5.74) is 1.98. The second kappa shape index (κ2) is 3.74. The van der Waals surface area contributed by atoms with E-state index in [0.29, 0.717) is 6.42 Å². The van der Waals surface area contributed by atoms with E-state index in [1.54, 1.807) is 6.07 Å². The van der Waals surface area contributed by atoms with Crippen LogP contribution in [0.4, 0.5) is 4.39 Å². The molecule has 0 amide bonds. The number of halogens is 1. The predicted octanol–water partition coefficient (Wildman–Crippen LogP) is 2.77. The third-order valence-corrected chi connectivity index (χ3v) is 2.54. The summed E-state index contributed by atoms with van der Waals surface area (Å²) in [4.78, 5) is 0. The van der Waals surface area contributed by atoms with E-state index in [0.717, 1.165) is 22.9 Å². The summed E-state index contributed by atoms with van der Waals surface area (Å²) < 4.78 is 14.9. The maximum atomic E-state index is 13.0. The number of nitrogens with zero attached hydrogens (tertiary/aromatic N) is 2. The van der Waals surface area contributed by atoms with Gasteiger partial charge in [-0.15, -0.1) is 0 Å². The summed E-state index contributed by atoms with van der Waals surface area (Å²) in [6.07, 6.45) is 3.18. The fourth-order valence-electron chi connectivity index (χ4n) is 1.83. The van der Waals surface area contributed by atoms with E-state index in [1.807, 2.05) is 17.8 Å². The molecule has 2 rings (SSSR count). The van der Waals surface area contributed by atoms with Crippen molar-refractivity contribution in [2.24, 2.45) is 7.05 Å². The molecule has 0 spiro atoms. The molecule has 0 unspecified atom stereocenters. The largest absolute Gasteiger partial charge is 0.350 e. The van der Waals surface area contributed by atoms with Gasteiger partial charge in [-0.05, 0) is 30.2 Å². The fourth-order valence-corrected chi connectivity index (χ4v) is 1.83. The lowest BCUT2D eigenvalue weighted by Gasteiger charge is -1.95. The van der Waals surface area contributed by atoms with Gasteiger partial charge in [0.05, 0.1) is 11.6 Å². The highest BCUT2D eigenvalue weighted by Crippen LogP contribution is 2.22. The quantitative estimate of drug-likeness (QED) is 0.736. The first-order chi connectivity index (χ1) is 7.22. The highest BCUT2D eigenvalue weighted by molar-refractivity contribution is 5.84. The second-order valence-corrected chi connectivity index (χ2v) is 3.58. The fraction of sp³-hybridized carbons (Fsp3) is 0.250. The van der Waals surface area contributed by atoms with Gasteiger partial charge in [0, 0.05) is 25.1 Å². The molecule has 2 aromatic rings. The minimum atomic E-state index is -0.226. The summed E-state index contributed by atoms with van der Waals surface area (Å²) in [5.74, 6) is -0.226. The molecule has 0 N–H and O–H groups in total. The second-order valence-electron chi connectivity index (χ2n) is 3.58. The van der Waals surface area contributed by atoms with Crippen LogP contribution in [0.3, 0.4) is 0 Å². The van der Waals surface area contributed by atoms with E-state index in [-0.39, 0.29) is 5.82 Å². The normalized spacial score (nSPS) is 10.5. The number of aromatic nitrogens is 1. The van der Waals surface area contributed by atoms with Gasteiger partial charge in [-0.2, -0.15) is 5.26 Å². The Kier molecular flexibility index (Phi) is 2.42. The molecular weight excluding hydrogens is 191 g/mol. The average Bonchev–Trinajstić information content (AvgIpc) is 2.53. The van der Waals surface area contributed by atoms with Gasteiger partial charge in [0.2, 0.25) is 0 Å². The van der Waals surface area contributed by atoms with Crippen LogP contribution in [-0.2, 0) is 13.5 Å². The third kappa shape index (κ3) is 1.71. The van der Waals surface area contributed by atoms with Gasteiger partial charge in [-0.1, -0.05) is 0 Å². The number of benzene rings is 1. The Bertz CT molecular complexity index is 534. The number of hydrogen-bond donors (Lipinski definition) is 0. The Morgan fingerprint density at radius 2 is 2.27 bits per heavy atom. The zero-order valence-electron chi connectivity index (χ0n) is 8.50. The van der Waals surface area contributed by atoms with Crippen molar-refractivity contribution in [3.63, 3.8) is 0 Å². The van der Waals surface area contributed by atoms with Crippen molar-refractivity contribution >= 4 is 10.9 Å². The number of hydrogen-bond acceptors (Lipinski definition) is 1. The van der Waals surface area contributed by atoms with Gasteiger partial charge in [0.1, 0.15) is 5.82 Å². The Morgan fingerprint density at radius 1 is 1.47 bits per heavy atom. The van der Waals surface area contributed by atoms with E-state index in [4.69, 9.17) is 5.26 Å². The van der Waals surface area contributed by atoms with E-state index in [9.17, 15) is 4.39 Å². The van der Waals surface area contributed by atoms with Crippen LogP contribution in [0.1, 0.15) is 12.0 Å². The maximum Gasteiger partial charge on any atom is 0.125 e. The van der Waals surface area contributed by atoms with Crippen molar-refractivity contribution in [1.82, 2.24) is 4.57 Å². The molecule has 0 saturated carbocycles. The topological polar surface area (TPSA) is 28.7 Å². The van der Waals surface area contributed by atoms with Crippen molar-refractivity contribution in [2.75, 3.05) is 0 Å². The third-order valence-electron chi connectivity index (χ3n) is 2.54. The summed E-state index contributed by atoms with van der Waals surface area (Å²) in [5, 5.41) is 9.57. The molecule has 0 aliphatic heterocycles. The molecule has 1 aromatic heterocycles.